The molecule has 0 amide bonds. The van der Waals surface area contributed by atoms with Crippen molar-refractivity contribution in [1.82, 2.24) is 5.32 Å². The van der Waals surface area contributed by atoms with Crippen molar-refractivity contribution >= 4 is 5.69 Å². The molecule has 1 unspecified atom stereocenters. The molecular weight excluding hydrogens is 276 g/mol. The van der Waals surface area contributed by atoms with Gasteiger partial charge in [-0.2, -0.15) is 0 Å². The Balaban J connectivity index is 2.17. The maximum atomic E-state index is 11.2. The lowest BCUT2D eigenvalue weighted by atomic mass is 10.1. The minimum atomic E-state index is -0.481. The third-order valence-electron chi connectivity index (χ3n) is 3.51. The molecule has 0 aliphatic carbocycles. The van der Waals surface area contributed by atoms with Gasteiger partial charge in [0.2, 0.25) is 5.75 Å². The van der Waals surface area contributed by atoms with Crippen molar-refractivity contribution in [1.29, 1.82) is 0 Å². The number of nitro benzene ring substituents is 1. The highest BCUT2D eigenvalue weighted by Gasteiger charge is 2.22. The van der Waals surface area contributed by atoms with Crippen LogP contribution in [-0.4, -0.2) is 38.3 Å². The summed E-state index contributed by atoms with van der Waals surface area (Å²) in [5.41, 5.74) is -0.122. The van der Waals surface area contributed by atoms with Crippen LogP contribution in [0.3, 0.4) is 0 Å². The predicted molar refractivity (Wildman–Crippen MR) is 77.3 cm³/mol. The highest BCUT2D eigenvalue weighted by atomic mass is 16.6. The van der Waals surface area contributed by atoms with E-state index in [2.05, 4.69) is 5.32 Å². The lowest BCUT2D eigenvalue weighted by Crippen LogP contribution is -2.38. The zero-order valence-electron chi connectivity index (χ0n) is 12.3. The number of benzene rings is 1. The normalized spacial score (nSPS) is 18.1. The highest BCUT2D eigenvalue weighted by Crippen LogP contribution is 2.39. The Labute approximate surface area is 123 Å². The maximum absolute atomic E-state index is 11.2. The van der Waals surface area contributed by atoms with Crippen LogP contribution >= 0.6 is 0 Å². The summed E-state index contributed by atoms with van der Waals surface area (Å²) in [6.45, 7) is 1.36. The molecule has 1 N–H and O–H groups in total. The van der Waals surface area contributed by atoms with Gasteiger partial charge in [0.15, 0.2) is 11.5 Å². The van der Waals surface area contributed by atoms with E-state index in [1.54, 1.807) is 0 Å². The number of ether oxygens (including phenoxy) is 3. The molecule has 1 heterocycles. The summed E-state index contributed by atoms with van der Waals surface area (Å²) in [6, 6.07) is 3.05. The van der Waals surface area contributed by atoms with Crippen molar-refractivity contribution < 1.29 is 19.1 Å². The maximum Gasteiger partial charge on any atom is 0.314 e. The number of nitrogens with zero attached hydrogens (tertiary/aromatic N) is 1. The first kappa shape index (κ1) is 15.4. The van der Waals surface area contributed by atoms with Gasteiger partial charge in [0.1, 0.15) is 6.61 Å². The van der Waals surface area contributed by atoms with Gasteiger partial charge >= 0.3 is 5.69 Å². The van der Waals surface area contributed by atoms with E-state index in [4.69, 9.17) is 14.2 Å². The summed E-state index contributed by atoms with van der Waals surface area (Å²) in [7, 11) is 2.92. The lowest BCUT2D eigenvalue weighted by molar-refractivity contribution is -0.386. The second kappa shape index (κ2) is 7.12. The Morgan fingerprint density at radius 2 is 1.95 bits per heavy atom. The summed E-state index contributed by atoms with van der Waals surface area (Å²) in [5, 5.41) is 14.5. The van der Waals surface area contributed by atoms with Crippen LogP contribution in [0.1, 0.15) is 19.3 Å². The molecule has 0 saturated carbocycles. The van der Waals surface area contributed by atoms with Crippen LogP contribution < -0.4 is 19.5 Å². The van der Waals surface area contributed by atoms with Gasteiger partial charge in [-0.15, -0.1) is 0 Å². The van der Waals surface area contributed by atoms with Crippen molar-refractivity contribution in [2.24, 2.45) is 0 Å². The number of nitrogens with one attached hydrogen (secondary N) is 1. The molecule has 0 bridgehead atoms. The molecule has 1 fully saturated rings. The van der Waals surface area contributed by atoms with Crippen molar-refractivity contribution in [2.75, 3.05) is 27.4 Å². The summed E-state index contributed by atoms with van der Waals surface area (Å²) in [4.78, 5) is 10.7. The summed E-state index contributed by atoms with van der Waals surface area (Å²) in [6.07, 6.45) is 3.32. The smallest absolute Gasteiger partial charge is 0.314 e. The molecule has 2 rings (SSSR count). The molecule has 0 spiro atoms. The van der Waals surface area contributed by atoms with Gasteiger partial charge in [0, 0.05) is 12.1 Å². The molecule has 1 aromatic rings. The zero-order chi connectivity index (χ0) is 15.2. The molecule has 0 aromatic heterocycles. The lowest BCUT2D eigenvalue weighted by Gasteiger charge is -2.23. The molecule has 7 heteroatoms. The quantitative estimate of drug-likeness (QED) is 0.639. The number of piperidine rings is 1. The molecule has 116 valence electrons. The van der Waals surface area contributed by atoms with Crippen molar-refractivity contribution in [3.63, 3.8) is 0 Å². The minimum Gasteiger partial charge on any atom is -0.493 e. The summed E-state index contributed by atoms with van der Waals surface area (Å²) in [5.74, 6) is 0.923. The Bertz CT molecular complexity index is 500. The molecule has 1 aliphatic rings. The van der Waals surface area contributed by atoms with E-state index in [0.717, 1.165) is 25.8 Å². The first-order valence-electron chi connectivity index (χ1n) is 6.92. The fourth-order valence-corrected chi connectivity index (χ4v) is 2.36. The molecule has 1 aliphatic heterocycles. The SMILES string of the molecule is COc1cc(OCC2CCCCN2)c([N+](=O)[O-])cc1OC. The van der Waals surface area contributed by atoms with Crippen molar-refractivity contribution in [2.45, 2.75) is 25.3 Å². The third kappa shape index (κ3) is 3.75. The molecule has 7 nitrogen and oxygen atoms in total. The van der Waals surface area contributed by atoms with Gasteiger partial charge in [-0.05, 0) is 19.4 Å². The monoisotopic (exact) mass is 296 g/mol. The van der Waals surface area contributed by atoms with Crippen LogP contribution in [0.5, 0.6) is 17.2 Å². The fraction of sp³-hybridized carbons (Fsp3) is 0.571. The Kier molecular flexibility index (Phi) is 5.21. The van der Waals surface area contributed by atoms with Gasteiger partial charge in [-0.3, -0.25) is 10.1 Å². The predicted octanol–water partition coefficient (Wildman–Crippen LogP) is 2.13. The first-order valence-corrected chi connectivity index (χ1v) is 6.92. The minimum absolute atomic E-state index is 0.122. The van der Waals surface area contributed by atoms with Gasteiger partial charge in [0.25, 0.3) is 0 Å². The number of hydrogen-bond donors (Lipinski definition) is 1. The number of methoxy groups -OCH3 is 2. The molecule has 0 radical (unpaired) electrons. The van der Waals surface area contributed by atoms with Crippen molar-refractivity contribution in [3.8, 4) is 17.2 Å². The van der Waals surface area contributed by atoms with E-state index in [9.17, 15) is 10.1 Å². The summed E-state index contributed by atoms with van der Waals surface area (Å²) < 4.78 is 15.9. The van der Waals surface area contributed by atoms with Gasteiger partial charge in [-0.25, -0.2) is 0 Å². The van der Waals surface area contributed by atoms with Crippen LogP contribution in [0.15, 0.2) is 12.1 Å². The fourth-order valence-electron chi connectivity index (χ4n) is 2.36. The van der Waals surface area contributed by atoms with Gasteiger partial charge in [-0.1, -0.05) is 6.42 Å². The molecule has 21 heavy (non-hydrogen) atoms. The van der Waals surface area contributed by atoms with Crippen LogP contribution in [0.2, 0.25) is 0 Å². The number of rotatable bonds is 6. The Hall–Kier alpha value is -2.02. The standard InChI is InChI=1S/C14H20N2O5/c1-19-13-7-11(16(17)18)12(8-14(13)20-2)21-9-10-5-3-4-6-15-10/h7-8,10,15H,3-6,9H2,1-2H3. The Morgan fingerprint density at radius 1 is 1.24 bits per heavy atom. The molecule has 1 aromatic carbocycles. The molecule has 1 atom stereocenters. The molecule has 1 saturated heterocycles. The second-order valence-electron chi connectivity index (χ2n) is 4.89. The zero-order valence-corrected chi connectivity index (χ0v) is 12.3. The van der Waals surface area contributed by atoms with Gasteiger partial charge in [0.05, 0.1) is 25.2 Å². The topological polar surface area (TPSA) is 82.9 Å². The van der Waals surface area contributed by atoms with E-state index >= 15 is 0 Å². The van der Waals surface area contributed by atoms with Crippen LogP contribution in [0.4, 0.5) is 5.69 Å². The second-order valence-corrected chi connectivity index (χ2v) is 4.89. The van der Waals surface area contributed by atoms with E-state index in [1.807, 2.05) is 0 Å². The Morgan fingerprint density at radius 3 is 2.52 bits per heavy atom. The molecular formula is C14H20N2O5. The van der Waals surface area contributed by atoms with Crippen LogP contribution in [0, 0.1) is 10.1 Å². The average molecular weight is 296 g/mol. The first-order chi connectivity index (χ1) is 10.2. The third-order valence-corrected chi connectivity index (χ3v) is 3.51. The summed E-state index contributed by atoms with van der Waals surface area (Å²) >= 11 is 0. The van der Waals surface area contributed by atoms with E-state index in [0.29, 0.717) is 18.1 Å². The van der Waals surface area contributed by atoms with E-state index in [-0.39, 0.29) is 17.5 Å². The van der Waals surface area contributed by atoms with E-state index in [1.165, 1.54) is 26.4 Å². The van der Waals surface area contributed by atoms with Crippen LogP contribution in [0.25, 0.3) is 0 Å². The average Bonchev–Trinajstić information content (AvgIpc) is 2.52. The van der Waals surface area contributed by atoms with Gasteiger partial charge < -0.3 is 19.5 Å². The van der Waals surface area contributed by atoms with Crippen LogP contribution in [-0.2, 0) is 0 Å². The number of nitro groups is 1. The highest BCUT2D eigenvalue weighted by molar-refractivity contribution is 5.58. The number of hydrogen-bond acceptors (Lipinski definition) is 6. The largest absolute Gasteiger partial charge is 0.493 e. The van der Waals surface area contributed by atoms with E-state index < -0.39 is 4.92 Å². The van der Waals surface area contributed by atoms with Crippen molar-refractivity contribution in [3.05, 3.63) is 22.2 Å².